The van der Waals surface area contributed by atoms with Gasteiger partial charge in [0.1, 0.15) is 29.9 Å². The fraction of sp³-hybridized carbons (Fsp3) is 0.400. The predicted molar refractivity (Wildman–Crippen MR) is 110 cm³/mol. The van der Waals surface area contributed by atoms with Crippen LogP contribution in [0.25, 0.3) is 0 Å². The number of carbonyl (C=O) groups excluding carboxylic acids is 2. The zero-order valence-corrected chi connectivity index (χ0v) is 16.5. The molecule has 1 aromatic rings. The number of nitrogens with two attached hydrogens (primary N) is 1. The molecule has 1 aromatic heterocycles. The number of methoxy groups -OCH3 is 1. The average Bonchev–Trinajstić information content (AvgIpc) is 3.09. The van der Waals surface area contributed by atoms with Gasteiger partial charge in [-0.2, -0.15) is 0 Å². The number of rotatable bonds is 7. The zero-order valence-electron chi connectivity index (χ0n) is 14.9. The number of nitrogen functional groups attached to an aromatic ring is 1. The number of thioether (sulfide) groups is 1. The van der Waals surface area contributed by atoms with E-state index in [1.165, 1.54) is 30.9 Å². The van der Waals surface area contributed by atoms with Crippen LogP contribution in [-0.2, 0) is 24.0 Å². The van der Waals surface area contributed by atoms with Crippen LogP contribution in [0.1, 0.15) is 5.69 Å². The van der Waals surface area contributed by atoms with Crippen molar-refractivity contribution in [3.63, 3.8) is 0 Å². The third kappa shape index (κ3) is 4.70. The number of hydrogen-bond donors (Lipinski definition) is 3. The molecule has 3 rings (SSSR count). The van der Waals surface area contributed by atoms with E-state index in [1.54, 1.807) is 5.38 Å². The fourth-order valence-electron chi connectivity index (χ4n) is 2.87. The van der Waals surface area contributed by atoms with Gasteiger partial charge < -0.3 is 25.7 Å². The number of ether oxygens (including phenoxy) is 1. The molecule has 2 amide bonds. The van der Waals surface area contributed by atoms with E-state index in [0.29, 0.717) is 11.3 Å². The summed E-state index contributed by atoms with van der Waals surface area (Å²) in [5.41, 5.74) is 6.09. The second-order valence-electron chi connectivity index (χ2n) is 5.74. The number of amides is 2. The van der Waals surface area contributed by atoms with E-state index in [2.05, 4.69) is 15.5 Å². The SMILES string of the molecule is COCC1=C(C(=O)O)N2C(=O)[C@@H](NC(=O)/C(=N/OC)c3csc(N)n3)[C@H]2SC1.[CaH2]. The topological polar surface area (TPSA) is 156 Å². The summed E-state index contributed by atoms with van der Waals surface area (Å²) in [4.78, 5) is 46.7. The summed E-state index contributed by atoms with van der Waals surface area (Å²) in [6.45, 7) is 0.109. The van der Waals surface area contributed by atoms with Crippen molar-refractivity contribution in [1.29, 1.82) is 0 Å². The Morgan fingerprint density at radius 2 is 2.21 bits per heavy atom. The van der Waals surface area contributed by atoms with Gasteiger partial charge in [-0.25, -0.2) is 9.78 Å². The molecule has 2 atom stereocenters. The van der Waals surface area contributed by atoms with Crippen LogP contribution < -0.4 is 11.1 Å². The minimum absolute atomic E-state index is 0. The van der Waals surface area contributed by atoms with Crippen molar-refractivity contribution in [3.8, 4) is 0 Å². The van der Waals surface area contributed by atoms with Crippen LogP contribution >= 0.6 is 23.1 Å². The quantitative estimate of drug-likeness (QED) is 0.188. The number of nitrogens with zero attached hydrogens (tertiary/aromatic N) is 3. The van der Waals surface area contributed by atoms with E-state index in [1.807, 2.05) is 0 Å². The molecule has 0 radical (unpaired) electrons. The number of β-lactam (4-membered cyclic amide) rings is 1. The van der Waals surface area contributed by atoms with Gasteiger partial charge in [0.2, 0.25) is 0 Å². The number of carboxylic acids is 1. The molecule has 154 valence electrons. The summed E-state index contributed by atoms with van der Waals surface area (Å²) in [6, 6.07) is -0.894. The second-order valence-corrected chi connectivity index (χ2v) is 7.74. The first kappa shape index (κ1) is 23.9. The zero-order chi connectivity index (χ0) is 20.4. The molecule has 29 heavy (non-hydrogen) atoms. The van der Waals surface area contributed by atoms with Gasteiger partial charge >= 0.3 is 43.7 Å². The summed E-state index contributed by atoms with van der Waals surface area (Å²) in [7, 11) is 2.73. The number of aromatic nitrogens is 1. The van der Waals surface area contributed by atoms with Crippen molar-refractivity contribution >= 4 is 89.5 Å². The Balaban J connectivity index is 0.00000300. The van der Waals surface area contributed by atoms with Gasteiger partial charge in [0.25, 0.3) is 11.8 Å². The van der Waals surface area contributed by atoms with Crippen LogP contribution in [0.15, 0.2) is 21.8 Å². The van der Waals surface area contributed by atoms with E-state index >= 15 is 0 Å². The monoisotopic (exact) mass is 469 g/mol. The molecular weight excluding hydrogens is 450 g/mol. The number of aliphatic carboxylic acids is 1. The first-order valence-corrected chi connectivity index (χ1v) is 9.84. The van der Waals surface area contributed by atoms with Gasteiger partial charge in [0.05, 0.1) is 6.61 Å². The number of fused-ring (bicyclic) bond motifs is 1. The summed E-state index contributed by atoms with van der Waals surface area (Å²) in [6.07, 6.45) is 0. The maximum absolute atomic E-state index is 12.6. The number of nitrogens with one attached hydrogen (secondary N) is 1. The van der Waals surface area contributed by atoms with Gasteiger partial charge in [-0.15, -0.1) is 23.1 Å². The Bertz CT molecular complexity index is 888. The van der Waals surface area contributed by atoms with Gasteiger partial charge in [-0.3, -0.25) is 14.5 Å². The van der Waals surface area contributed by atoms with Crippen molar-refractivity contribution in [2.45, 2.75) is 11.4 Å². The third-order valence-corrected chi connectivity index (χ3v) is 6.03. The average molecular weight is 470 g/mol. The summed E-state index contributed by atoms with van der Waals surface area (Å²) < 4.78 is 5.02. The molecule has 2 aliphatic rings. The van der Waals surface area contributed by atoms with Crippen LogP contribution in [0.5, 0.6) is 0 Å². The van der Waals surface area contributed by atoms with Crippen molar-refractivity contribution < 1.29 is 29.1 Å². The van der Waals surface area contributed by atoms with Crippen LogP contribution in [-0.4, -0.2) is 114 Å². The summed E-state index contributed by atoms with van der Waals surface area (Å²) >= 11 is 2.47. The Kier molecular flexibility index (Phi) is 8.31. The first-order chi connectivity index (χ1) is 13.4. The van der Waals surface area contributed by atoms with Crippen LogP contribution in [0.2, 0.25) is 0 Å². The molecule has 3 heterocycles. The third-order valence-electron chi connectivity index (χ3n) is 4.02. The standard InChI is InChI=1S/C15H17N5O6S2.Ca.2H/c1-25-3-6-4-27-13-9(12(22)20(13)10(6)14(23)24)18-11(21)8(19-26-2)7-5-28-15(16)17-7;;;/h5,9,13H,3-4H2,1-2H3,(H2,16,17)(H,18,21)(H,23,24);;;/b19-8+;;;/t9-,13-;;;/m1.../s1. The van der Waals surface area contributed by atoms with E-state index < -0.39 is 29.2 Å². The molecule has 0 aromatic carbocycles. The Labute approximate surface area is 203 Å². The fourth-order valence-corrected chi connectivity index (χ4v) is 4.75. The van der Waals surface area contributed by atoms with Crippen molar-refractivity contribution in [2.24, 2.45) is 5.16 Å². The second kappa shape index (κ2) is 10.1. The van der Waals surface area contributed by atoms with Gasteiger partial charge in [-0.05, 0) is 5.57 Å². The van der Waals surface area contributed by atoms with E-state index in [0.717, 1.165) is 11.3 Å². The summed E-state index contributed by atoms with van der Waals surface area (Å²) in [5, 5.41) is 17.0. The van der Waals surface area contributed by atoms with Gasteiger partial charge in [-0.1, -0.05) is 5.16 Å². The maximum atomic E-state index is 12.6. The van der Waals surface area contributed by atoms with Crippen molar-refractivity contribution in [3.05, 3.63) is 22.3 Å². The van der Waals surface area contributed by atoms with E-state index in [9.17, 15) is 19.5 Å². The van der Waals surface area contributed by atoms with Gasteiger partial charge in [0, 0.05) is 18.2 Å². The predicted octanol–water partition coefficient (Wildman–Crippen LogP) is -1.46. The normalized spacial score (nSPS) is 21.1. The molecule has 0 bridgehead atoms. The number of carbonyl (C=O) groups is 3. The number of oxime groups is 1. The molecule has 4 N–H and O–H groups in total. The molecule has 11 nitrogen and oxygen atoms in total. The van der Waals surface area contributed by atoms with Crippen LogP contribution in [0.3, 0.4) is 0 Å². The molecule has 14 heteroatoms. The minimum atomic E-state index is -1.21. The van der Waals surface area contributed by atoms with E-state index in [4.69, 9.17) is 15.3 Å². The molecule has 0 unspecified atom stereocenters. The molecule has 1 saturated heterocycles. The summed E-state index contributed by atoms with van der Waals surface area (Å²) in [5.74, 6) is -2.03. The Morgan fingerprint density at radius 3 is 2.76 bits per heavy atom. The number of anilines is 1. The first-order valence-electron chi connectivity index (χ1n) is 7.91. The van der Waals surface area contributed by atoms with Crippen molar-refractivity contribution in [2.75, 3.05) is 32.3 Å². The van der Waals surface area contributed by atoms with Crippen LogP contribution in [0.4, 0.5) is 5.13 Å². The molecule has 1 fully saturated rings. The van der Waals surface area contributed by atoms with Crippen LogP contribution in [0, 0.1) is 0 Å². The molecule has 0 saturated carbocycles. The van der Waals surface area contributed by atoms with Gasteiger partial charge in [0.15, 0.2) is 10.8 Å². The van der Waals surface area contributed by atoms with E-state index in [-0.39, 0.29) is 66.6 Å². The number of carboxylic acid groups (broad SMARTS) is 1. The molecule has 2 aliphatic heterocycles. The van der Waals surface area contributed by atoms with Crippen molar-refractivity contribution in [1.82, 2.24) is 15.2 Å². The number of hydrogen-bond acceptors (Lipinski definition) is 10. The number of thiazole rings is 1. The Hall–Kier alpha value is -1.38. The molecule has 0 aliphatic carbocycles. The molecule has 0 spiro atoms. The molecular formula is C15H19CaN5O6S2. The Morgan fingerprint density at radius 1 is 1.48 bits per heavy atom.